The van der Waals surface area contributed by atoms with Gasteiger partial charge in [-0.05, 0) is 30.9 Å². The lowest BCUT2D eigenvalue weighted by Gasteiger charge is -2.31. The Bertz CT molecular complexity index is 723. The number of carbonyl (C=O) groups excluding carboxylic acids is 2. The molecule has 25 heavy (non-hydrogen) atoms. The van der Waals surface area contributed by atoms with E-state index in [4.69, 9.17) is 4.74 Å². The fourth-order valence-electron chi connectivity index (χ4n) is 2.75. The van der Waals surface area contributed by atoms with Crippen molar-refractivity contribution < 1.29 is 14.3 Å². The summed E-state index contributed by atoms with van der Waals surface area (Å²) in [5.41, 5.74) is 0.311. The average molecular weight is 343 g/mol. The summed E-state index contributed by atoms with van der Waals surface area (Å²) < 4.78 is 6.84. The minimum atomic E-state index is -0.326. The minimum Gasteiger partial charge on any atom is -0.410 e. The van der Waals surface area contributed by atoms with Crippen molar-refractivity contribution in [1.29, 1.82) is 0 Å². The second-order valence-electron chi connectivity index (χ2n) is 6.10. The molecule has 0 spiro atoms. The lowest BCUT2D eigenvalue weighted by atomic mass is 9.97. The first-order chi connectivity index (χ1) is 12.1. The van der Waals surface area contributed by atoms with Crippen LogP contribution >= 0.6 is 0 Å². The molecule has 8 heteroatoms. The number of piperidine rings is 1. The van der Waals surface area contributed by atoms with Crippen molar-refractivity contribution in [2.24, 2.45) is 13.0 Å². The maximum absolute atomic E-state index is 12.1. The van der Waals surface area contributed by atoms with Gasteiger partial charge in [0.05, 0.1) is 6.20 Å². The van der Waals surface area contributed by atoms with Gasteiger partial charge in [0.25, 0.3) is 5.91 Å². The van der Waals surface area contributed by atoms with Crippen molar-refractivity contribution in [2.45, 2.75) is 12.8 Å². The van der Waals surface area contributed by atoms with E-state index in [1.54, 1.807) is 30.3 Å². The molecule has 132 valence electrons. The molecule has 2 aromatic rings. The highest BCUT2D eigenvalue weighted by atomic mass is 16.6. The van der Waals surface area contributed by atoms with E-state index in [2.05, 4.69) is 15.6 Å². The Morgan fingerprint density at radius 2 is 1.96 bits per heavy atom. The normalized spacial score (nSPS) is 15.0. The summed E-state index contributed by atoms with van der Waals surface area (Å²) >= 11 is 0. The lowest BCUT2D eigenvalue weighted by Crippen LogP contribution is -2.42. The SMILES string of the molecule is Cn1cc(C(=O)NCC2CCN(C(=O)Oc3ccccc3)CC2)nn1. The van der Waals surface area contributed by atoms with Crippen LogP contribution in [0.1, 0.15) is 23.3 Å². The summed E-state index contributed by atoms with van der Waals surface area (Å²) in [5.74, 6) is 0.659. The number of para-hydroxylation sites is 1. The topological polar surface area (TPSA) is 89.4 Å². The number of aryl methyl sites for hydroxylation is 1. The van der Waals surface area contributed by atoms with Crippen molar-refractivity contribution in [1.82, 2.24) is 25.2 Å². The number of nitrogens with zero attached hydrogens (tertiary/aromatic N) is 4. The number of nitrogens with one attached hydrogen (secondary N) is 1. The second-order valence-corrected chi connectivity index (χ2v) is 6.10. The van der Waals surface area contributed by atoms with Crippen molar-refractivity contribution in [3.8, 4) is 5.75 Å². The molecular formula is C17H21N5O3. The van der Waals surface area contributed by atoms with Gasteiger partial charge in [-0.3, -0.25) is 9.48 Å². The summed E-state index contributed by atoms with van der Waals surface area (Å²) in [5, 5.41) is 10.4. The van der Waals surface area contributed by atoms with Crippen LogP contribution in [-0.4, -0.2) is 51.5 Å². The highest BCUT2D eigenvalue weighted by Gasteiger charge is 2.24. The monoisotopic (exact) mass is 343 g/mol. The van der Waals surface area contributed by atoms with E-state index < -0.39 is 0 Å². The number of hydrogen-bond donors (Lipinski definition) is 1. The average Bonchev–Trinajstić information content (AvgIpc) is 3.07. The molecule has 3 rings (SSSR count). The van der Waals surface area contributed by atoms with Gasteiger partial charge in [-0.1, -0.05) is 23.4 Å². The third-order valence-corrected chi connectivity index (χ3v) is 4.21. The Labute approximate surface area is 145 Å². The van der Waals surface area contributed by atoms with Crippen molar-refractivity contribution >= 4 is 12.0 Å². The number of likely N-dealkylation sites (tertiary alicyclic amines) is 1. The van der Waals surface area contributed by atoms with Gasteiger partial charge < -0.3 is 15.0 Å². The Morgan fingerprint density at radius 3 is 2.60 bits per heavy atom. The fourth-order valence-corrected chi connectivity index (χ4v) is 2.75. The first-order valence-electron chi connectivity index (χ1n) is 8.28. The maximum Gasteiger partial charge on any atom is 0.415 e. The highest BCUT2D eigenvalue weighted by Crippen LogP contribution is 2.18. The number of ether oxygens (including phenoxy) is 1. The Hall–Kier alpha value is -2.90. The molecule has 1 aromatic carbocycles. The Balaban J connectivity index is 1.41. The number of aromatic nitrogens is 3. The number of benzene rings is 1. The van der Waals surface area contributed by atoms with Crippen LogP contribution in [0.4, 0.5) is 4.79 Å². The number of carbonyl (C=O) groups is 2. The van der Waals surface area contributed by atoms with Gasteiger partial charge >= 0.3 is 6.09 Å². The van der Waals surface area contributed by atoms with Gasteiger partial charge in [-0.25, -0.2) is 4.79 Å². The number of rotatable bonds is 4. The van der Waals surface area contributed by atoms with Crippen LogP contribution in [0.15, 0.2) is 36.5 Å². The number of hydrogen-bond acceptors (Lipinski definition) is 5. The first kappa shape index (κ1) is 16.9. The molecule has 1 N–H and O–H groups in total. The summed E-state index contributed by atoms with van der Waals surface area (Å²) in [4.78, 5) is 25.8. The second kappa shape index (κ2) is 7.78. The molecule has 1 aliphatic rings. The smallest absolute Gasteiger partial charge is 0.410 e. The molecular weight excluding hydrogens is 322 g/mol. The molecule has 2 amide bonds. The van der Waals surface area contributed by atoms with E-state index in [1.807, 2.05) is 18.2 Å². The van der Waals surface area contributed by atoms with Crippen molar-refractivity contribution in [3.63, 3.8) is 0 Å². The quantitative estimate of drug-likeness (QED) is 0.908. The molecule has 1 fully saturated rings. The van der Waals surface area contributed by atoms with Gasteiger partial charge in [0.2, 0.25) is 0 Å². The predicted molar refractivity (Wildman–Crippen MR) is 90.1 cm³/mol. The van der Waals surface area contributed by atoms with Gasteiger partial charge in [0.15, 0.2) is 5.69 Å². The summed E-state index contributed by atoms with van der Waals surface area (Å²) in [6.07, 6.45) is 2.90. The largest absolute Gasteiger partial charge is 0.415 e. The molecule has 0 radical (unpaired) electrons. The van der Waals surface area contributed by atoms with Gasteiger partial charge in [-0.2, -0.15) is 0 Å². The highest BCUT2D eigenvalue weighted by molar-refractivity contribution is 5.91. The van der Waals surface area contributed by atoms with Gasteiger partial charge in [-0.15, -0.1) is 5.10 Å². The summed E-state index contributed by atoms with van der Waals surface area (Å²) in [7, 11) is 1.72. The van der Waals surface area contributed by atoms with E-state index in [0.29, 0.717) is 37.0 Å². The lowest BCUT2D eigenvalue weighted by molar-refractivity contribution is 0.0926. The van der Waals surface area contributed by atoms with Crippen LogP contribution in [-0.2, 0) is 7.05 Å². The van der Waals surface area contributed by atoms with Gasteiger partial charge in [0.1, 0.15) is 5.75 Å². The van der Waals surface area contributed by atoms with Crippen LogP contribution in [0.25, 0.3) is 0 Å². The van der Waals surface area contributed by atoms with Crippen LogP contribution < -0.4 is 10.1 Å². The molecule has 1 saturated heterocycles. The maximum atomic E-state index is 12.1. The number of amides is 2. The Morgan fingerprint density at radius 1 is 1.24 bits per heavy atom. The molecule has 1 aliphatic heterocycles. The zero-order chi connectivity index (χ0) is 17.6. The third kappa shape index (κ3) is 4.56. The van der Waals surface area contributed by atoms with E-state index in [0.717, 1.165) is 12.8 Å². The summed E-state index contributed by atoms with van der Waals surface area (Å²) in [6, 6.07) is 9.04. The van der Waals surface area contributed by atoms with Crippen LogP contribution in [0, 0.1) is 5.92 Å². The zero-order valence-corrected chi connectivity index (χ0v) is 14.1. The van der Waals surface area contributed by atoms with Crippen molar-refractivity contribution in [2.75, 3.05) is 19.6 Å². The van der Waals surface area contributed by atoms with E-state index >= 15 is 0 Å². The van der Waals surface area contributed by atoms with Crippen molar-refractivity contribution in [3.05, 3.63) is 42.2 Å². The Kier molecular flexibility index (Phi) is 5.27. The standard InChI is InChI=1S/C17H21N5O3/c1-21-12-15(19-20-21)16(23)18-11-13-7-9-22(10-8-13)17(24)25-14-5-3-2-4-6-14/h2-6,12-13H,7-11H2,1H3,(H,18,23). The molecule has 0 unspecified atom stereocenters. The molecule has 8 nitrogen and oxygen atoms in total. The van der Waals surface area contributed by atoms with E-state index in [-0.39, 0.29) is 12.0 Å². The molecule has 0 atom stereocenters. The third-order valence-electron chi connectivity index (χ3n) is 4.21. The molecule has 1 aromatic heterocycles. The summed E-state index contributed by atoms with van der Waals surface area (Å²) in [6.45, 7) is 1.81. The van der Waals surface area contributed by atoms with Crippen LogP contribution in [0.5, 0.6) is 5.75 Å². The first-order valence-corrected chi connectivity index (χ1v) is 8.28. The molecule has 0 aliphatic carbocycles. The molecule has 2 heterocycles. The van der Waals surface area contributed by atoms with Gasteiger partial charge in [0, 0.05) is 26.7 Å². The van der Waals surface area contributed by atoms with E-state index in [9.17, 15) is 9.59 Å². The zero-order valence-electron chi connectivity index (χ0n) is 14.1. The minimum absolute atomic E-state index is 0.223. The molecule has 0 saturated carbocycles. The predicted octanol–water partition coefficient (Wildman–Crippen LogP) is 1.46. The van der Waals surface area contributed by atoms with Crippen LogP contribution in [0.3, 0.4) is 0 Å². The van der Waals surface area contributed by atoms with E-state index in [1.165, 1.54) is 4.68 Å². The fraction of sp³-hybridized carbons (Fsp3) is 0.412. The van der Waals surface area contributed by atoms with Crippen LogP contribution in [0.2, 0.25) is 0 Å². The molecule has 0 bridgehead atoms.